The van der Waals surface area contributed by atoms with Gasteiger partial charge in [-0.15, -0.1) is 0 Å². The van der Waals surface area contributed by atoms with Crippen molar-refractivity contribution in [2.45, 2.75) is 153 Å². The van der Waals surface area contributed by atoms with Gasteiger partial charge in [-0.3, -0.25) is 4.79 Å². The molecule has 0 amide bonds. The van der Waals surface area contributed by atoms with Gasteiger partial charge < -0.3 is 15.3 Å². The van der Waals surface area contributed by atoms with Gasteiger partial charge in [-0.2, -0.15) is 0 Å². The summed E-state index contributed by atoms with van der Waals surface area (Å²) in [5, 5.41) is 29.6. The van der Waals surface area contributed by atoms with Gasteiger partial charge >= 0.3 is 5.97 Å². The first-order valence-electron chi connectivity index (χ1n) is 12.8. The summed E-state index contributed by atoms with van der Waals surface area (Å²) in [6.07, 6.45) is 17.5. The van der Waals surface area contributed by atoms with Crippen molar-refractivity contribution in [2.75, 3.05) is 0 Å². The summed E-state index contributed by atoms with van der Waals surface area (Å²) in [6.45, 7) is 8.66. The molecule has 0 radical (unpaired) electrons. The van der Waals surface area contributed by atoms with Crippen LogP contribution < -0.4 is 0 Å². The number of hydrogen-bond acceptors (Lipinski definition) is 3. The van der Waals surface area contributed by atoms with Crippen molar-refractivity contribution >= 4 is 14.0 Å². The molecule has 180 valence electrons. The molecule has 0 rings (SSSR count). The normalized spacial score (nSPS) is 15.1. The Kier molecular flexibility index (Phi) is 18.0. The molecule has 0 aliphatic heterocycles. The highest BCUT2D eigenvalue weighted by Gasteiger charge is 2.32. The third kappa shape index (κ3) is 16.3. The molecule has 0 aliphatic rings. The van der Waals surface area contributed by atoms with E-state index in [1.807, 2.05) is 0 Å². The first kappa shape index (κ1) is 29.6. The Balaban J connectivity index is 3.55. The fourth-order valence-corrected chi connectivity index (χ4v) is 6.02. The average Bonchev–Trinajstić information content (AvgIpc) is 2.67. The van der Waals surface area contributed by atoms with Crippen LogP contribution >= 0.6 is 0 Å². The summed E-state index contributed by atoms with van der Waals surface area (Å²) in [6, 6.07) is 0. The highest BCUT2D eigenvalue weighted by molar-refractivity contribution is 6.80. The quantitative estimate of drug-likeness (QED) is 0.130. The maximum Gasteiger partial charge on any atom is 0.303 e. The Morgan fingerprint density at radius 1 is 0.633 bits per heavy atom. The number of unbranched alkanes of at least 4 members (excludes halogenated alkanes) is 12. The smallest absolute Gasteiger partial charge is 0.303 e. The molecule has 0 saturated carbocycles. The lowest BCUT2D eigenvalue weighted by Crippen LogP contribution is -2.33. The first-order chi connectivity index (χ1) is 14.2. The van der Waals surface area contributed by atoms with Crippen LogP contribution in [-0.4, -0.2) is 41.6 Å². The highest BCUT2D eigenvalue weighted by atomic mass is 28.3. The molecule has 0 aromatic carbocycles. The van der Waals surface area contributed by atoms with Gasteiger partial charge in [0, 0.05) is 0 Å². The van der Waals surface area contributed by atoms with E-state index < -0.39 is 26.3 Å². The lowest BCUT2D eigenvalue weighted by molar-refractivity contribution is -0.137. The van der Waals surface area contributed by atoms with Crippen LogP contribution in [0.25, 0.3) is 0 Å². The predicted octanol–water partition coefficient (Wildman–Crippen LogP) is 7.15. The van der Waals surface area contributed by atoms with Crippen LogP contribution in [0.3, 0.4) is 0 Å². The molecule has 0 aromatic heterocycles. The lowest BCUT2D eigenvalue weighted by Gasteiger charge is -2.24. The van der Waals surface area contributed by atoms with Crippen molar-refractivity contribution in [2.24, 2.45) is 0 Å². The van der Waals surface area contributed by atoms with E-state index >= 15 is 0 Å². The molecule has 4 nitrogen and oxygen atoms in total. The van der Waals surface area contributed by atoms with E-state index in [-0.39, 0.29) is 5.54 Å². The van der Waals surface area contributed by atoms with Crippen molar-refractivity contribution in [1.82, 2.24) is 0 Å². The Hall–Kier alpha value is -0.393. The van der Waals surface area contributed by atoms with Crippen LogP contribution in [0.2, 0.25) is 25.2 Å². The molecule has 3 N–H and O–H groups in total. The summed E-state index contributed by atoms with van der Waals surface area (Å²) in [7, 11) is -1.61. The summed E-state index contributed by atoms with van der Waals surface area (Å²) in [5.41, 5.74) is -0.111. The lowest BCUT2D eigenvalue weighted by atomic mass is 9.99. The predicted molar refractivity (Wildman–Crippen MR) is 131 cm³/mol. The van der Waals surface area contributed by atoms with Crippen LogP contribution in [0.1, 0.15) is 116 Å². The summed E-state index contributed by atoms with van der Waals surface area (Å²) < 4.78 is 0. The fraction of sp³-hybridized carbons (Fsp3) is 0.960. The van der Waals surface area contributed by atoms with Gasteiger partial charge in [-0.25, -0.2) is 0 Å². The van der Waals surface area contributed by atoms with Crippen molar-refractivity contribution in [3.8, 4) is 0 Å². The van der Waals surface area contributed by atoms with E-state index in [0.717, 1.165) is 44.9 Å². The molecule has 0 aliphatic carbocycles. The van der Waals surface area contributed by atoms with Gasteiger partial charge in [0.1, 0.15) is 0 Å². The molecule has 0 saturated heterocycles. The number of aliphatic hydroxyl groups excluding tert-OH is 2. The molecule has 5 heteroatoms. The molecule has 0 heterocycles. The topological polar surface area (TPSA) is 77.8 Å². The van der Waals surface area contributed by atoms with Crippen molar-refractivity contribution in [1.29, 1.82) is 0 Å². The number of aliphatic hydroxyl groups is 2. The minimum atomic E-state index is -1.61. The Labute approximate surface area is 187 Å². The highest BCUT2D eigenvalue weighted by Crippen LogP contribution is 2.28. The second-order valence-electron chi connectivity index (χ2n) is 10.4. The van der Waals surface area contributed by atoms with Gasteiger partial charge in [-0.05, 0) is 19.3 Å². The van der Waals surface area contributed by atoms with Gasteiger partial charge in [0.2, 0.25) is 0 Å². The standard InChI is InChI=1S/C25H52O4Si/c1-5-6-7-8-13-16-19-22(26)23(27)20-17-14-11-9-10-12-15-18-21-24(25(28)29)30(2,3)4/h22-24,26-27H,5-21H2,1-4H3,(H,28,29). The second kappa shape index (κ2) is 18.2. The Morgan fingerprint density at radius 3 is 1.30 bits per heavy atom. The number of carboxylic acids is 1. The molecule has 30 heavy (non-hydrogen) atoms. The number of carbonyl (C=O) groups is 1. The van der Waals surface area contributed by atoms with E-state index in [2.05, 4.69) is 26.6 Å². The Morgan fingerprint density at radius 2 is 0.967 bits per heavy atom. The summed E-state index contributed by atoms with van der Waals surface area (Å²) >= 11 is 0. The molecule has 0 spiro atoms. The van der Waals surface area contributed by atoms with Crippen LogP contribution in [0, 0.1) is 0 Å². The number of rotatable bonds is 21. The van der Waals surface area contributed by atoms with Gasteiger partial charge in [0.15, 0.2) is 0 Å². The summed E-state index contributed by atoms with van der Waals surface area (Å²) in [5.74, 6) is -0.603. The van der Waals surface area contributed by atoms with Crippen molar-refractivity contribution in [3.63, 3.8) is 0 Å². The maximum absolute atomic E-state index is 11.4. The molecule has 3 atom stereocenters. The zero-order chi connectivity index (χ0) is 22.8. The molecular weight excluding hydrogens is 392 g/mol. The fourth-order valence-electron chi connectivity index (χ4n) is 4.21. The SMILES string of the molecule is CCCCCCCCC(O)C(O)CCCCCCCCCCC(C(=O)O)[Si](C)(C)C. The minimum absolute atomic E-state index is 0.111. The van der Waals surface area contributed by atoms with Crippen molar-refractivity contribution in [3.05, 3.63) is 0 Å². The average molecular weight is 445 g/mol. The molecule has 0 fully saturated rings. The van der Waals surface area contributed by atoms with E-state index in [0.29, 0.717) is 6.42 Å². The van der Waals surface area contributed by atoms with E-state index in [1.54, 1.807) is 0 Å². The van der Waals surface area contributed by atoms with Crippen LogP contribution in [0.15, 0.2) is 0 Å². The minimum Gasteiger partial charge on any atom is -0.481 e. The first-order valence-corrected chi connectivity index (χ1v) is 16.4. The number of carboxylic acid groups (broad SMARTS) is 1. The largest absolute Gasteiger partial charge is 0.481 e. The van der Waals surface area contributed by atoms with Crippen LogP contribution in [-0.2, 0) is 4.79 Å². The van der Waals surface area contributed by atoms with Crippen LogP contribution in [0.4, 0.5) is 0 Å². The molecule has 0 aromatic rings. The van der Waals surface area contributed by atoms with Crippen LogP contribution in [0.5, 0.6) is 0 Å². The molecule has 3 unspecified atom stereocenters. The third-order valence-corrected chi connectivity index (χ3v) is 9.01. The van der Waals surface area contributed by atoms with E-state index in [9.17, 15) is 20.1 Å². The van der Waals surface area contributed by atoms with Gasteiger partial charge in [0.25, 0.3) is 0 Å². The van der Waals surface area contributed by atoms with E-state index in [4.69, 9.17) is 0 Å². The van der Waals surface area contributed by atoms with Gasteiger partial charge in [0.05, 0.1) is 25.8 Å². The number of hydrogen-bond donors (Lipinski definition) is 3. The number of aliphatic carboxylic acids is 1. The van der Waals surface area contributed by atoms with Gasteiger partial charge in [-0.1, -0.05) is 116 Å². The second-order valence-corrected chi connectivity index (χ2v) is 15.8. The maximum atomic E-state index is 11.4. The zero-order valence-electron chi connectivity index (χ0n) is 20.5. The molecule has 0 bridgehead atoms. The van der Waals surface area contributed by atoms with E-state index in [1.165, 1.54) is 57.8 Å². The third-order valence-electron chi connectivity index (χ3n) is 6.38. The summed E-state index contributed by atoms with van der Waals surface area (Å²) in [4.78, 5) is 11.4. The molecular formula is C25H52O4Si. The Bertz CT molecular complexity index is 408. The van der Waals surface area contributed by atoms with Crippen molar-refractivity contribution < 1.29 is 20.1 Å². The monoisotopic (exact) mass is 444 g/mol. The zero-order valence-corrected chi connectivity index (χ0v) is 21.5.